The minimum atomic E-state index is 0.641. The van der Waals surface area contributed by atoms with Gasteiger partial charge < -0.3 is 9.09 Å². The molecule has 0 N–H and O–H groups in total. The maximum absolute atomic E-state index is 10.7. The van der Waals surface area contributed by atoms with Gasteiger partial charge in [0.15, 0.2) is 6.29 Å². The summed E-state index contributed by atoms with van der Waals surface area (Å²) in [5.74, 6) is 0. The highest BCUT2D eigenvalue weighted by Crippen LogP contribution is 2.14. The van der Waals surface area contributed by atoms with Crippen molar-refractivity contribution in [2.24, 2.45) is 0 Å². The van der Waals surface area contributed by atoms with Crippen LogP contribution in [0.2, 0.25) is 0 Å². The molecule has 0 saturated carbocycles. The van der Waals surface area contributed by atoms with E-state index in [4.69, 9.17) is 4.52 Å². The van der Waals surface area contributed by atoms with E-state index in [0.717, 1.165) is 28.9 Å². The Morgan fingerprint density at radius 1 is 1.53 bits per heavy atom. The molecule has 0 aliphatic rings. The summed E-state index contributed by atoms with van der Waals surface area (Å²) in [7, 11) is 0. The molecule has 0 aliphatic carbocycles. The first kappa shape index (κ1) is 9.71. The lowest BCUT2D eigenvalue weighted by atomic mass is 10.3. The Morgan fingerprint density at radius 3 is 2.87 bits per heavy atom. The van der Waals surface area contributed by atoms with Crippen molar-refractivity contribution in [3.63, 3.8) is 0 Å². The minimum Gasteiger partial charge on any atom is -0.364 e. The molecule has 4 heteroatoms. The molecule has 15 heavy (non-hydrogen) atoms. The van der Waals surface area contributed by atoms with E-state index in [-0.39, 0.29) is 0 Å². The molecule has 2 aromatic heterocycles. The van der Waals surface area contributed by atoms with E-state index < -0.39 is 0 Å². The van der Waals surface area contributed by atoms with Gasteiger partial charge in [0.25, 0.3) is 0 Å². The number of aldehydes is 1. The molecule has 2 rings (SSSR count). The maximum atomic E-state index is 10.7. The Bertz CT molecular complexity index is 469. The number of carbonyl (C=O) groups is 1. The SMILES string of the molecule is Cc1cc(C=O)c(C)n1Cc1ccon1. The van der Waals surface area contributed by atoms with Crippen molar-refractivity contribution in [1.29, 1.82) is 0 Å². The third kappa shape index (κ3) is 1.70. The molecule has 4 nitrogen and oxygen atoms in total. The summed E-state index contributed by atoms with van der Waals surface area (Å²) in [5, 5.41) is 3.84. The van der Waals surface area contributed by atoms with Gasteiger partial charge in [0, 0.05) is 23.0 Å². The summed E-state index contributed by atoms with van der Waals surface area (Å²) in [6.07, 6.45) is 2.42. The first-order chi connectivity index (χ1) is 7.22. The van der Waals surface area contributed by atoms with E-state index in [9.17, 15) is 4.79 Å². The van der Waals surface area contributed by atoms with Crippen LogP contribution in [0.5, 0.6) is 0 Å². The van der Waals surface area contributed by atoms with Crippen molar-refractivity contribution in [2.75, 3.05) is 0 Å². The van der Waals surface area contributed by atoms with Crippen molar-refractivity contribution in [3.8, 4) is 0 Å². The first-order valence-electron chi connectivity index (χ1n) is 4.73. The van der Waals surface area contributed by atoms with Gasteiger partial charge in [-0.1, -0.05) is 5.16 Å². The van der Waals surface area contributed by atoms with Crippen LogP contribution < -0.4 is 0 Å². The average molecular weight is 204 g/mol. The zero-order chi connectivity index (χ0) is 10.8. The van der Waals surface area contributed by atoms with Crippen LogP contribution >= 0.6 is 0 Å². The largest absolute Gasteiger partial charge is 0.364 e. The number of rotatable bonds is 3. The highest BCUT2D eigenvalue weighted by molar-refractivity contribution is 5.77. The molecule has 2 aromatic rings. The van der Waals surface area contributed by atoms with Gasteiger partial charge in [-0.05, 0) is 19.9 Å². The van der Waals surface area contributed by atoms with Crippen LogP contribution in [-0.4, -0.2) is 16.0 Å². The number of hydrogen-bond donors (Lipinski definition) is 0. The molecule has 78 valence electrons. The van der Waals surface area contributed by atoms with Crippen LogP contribution in [0, 0.1) is 13.8 Å². The molecule has 0 radical (unpaired) electrons. The fourth-order valence-corrected chi connectivity index (χ4v) is 1.67. The molecule has 0 aliphatic heterocycles. The molecule has 2 heterocycles. The van der Waals surface area contributed by atoms with Gasteiger partial charge in [0.2, 0.25) is 0 Å². The first-order valence-corrected chi connectivity index (χ1v) is 4.73. The van der Waals surface area contributed by atoms with Crippen LogP contribution in [0.25, 0.3) is 0 Å². The third-order valence-corrected chi connectivity index (χ3v) is 2.55. The summed E-state index contributed by atoms with van der Waals surface area (Å²) >= 11 is 0. The predicted octanol–water partition coefficient (Wildman–Crippen LogP) is 1.95. The normalized spacial score (nSPS) is 10.5. The van der Waals surface area contributed by atoms with Crippen LogP contribution in [-0.2, 0) is 6.54 Å². The molecule has 0 amide bonds. The van der Waals surface area contributed by atoms with Gasteiger partial charge in [-0.25, -0.2) is 0 Å². The average Bonchev–Trinajstić information content (AvgIpc) is 2.81. The van der Waals surface area contributed by atoms with Crippen molar-refractivity contribution < 1.29 is 9.32 Å². The van der Waals surface area contributed by atoms with Crippen molar-refractivity contribution >= 4 is 6.29 Å². The van der Waals surface area contributed by atoms with Crippen LogP contribution in [0.4, 0.5) is 0 Å². The van der Waals surface area contributed by atoms with Crippen LogP contribution in [0.15, 0.2) is 22.9 Å². The highest BCUT2D eigenvalue weighted by atomic mass is 16.5. The fraction of sp³-hybridized carbons (Fsp3) is 0.273. The molecule has 0 aromatic carbocycles. The van der Waals surface area contributed by atoms with Gasteiger partial charge in [-0.15, -0.1) is 0 Å². The molecule has 0 unspecified atom stereocenters. The molecule has 0 atom stereocenters. The lowest BCUT2D eigenvalue weighted by Gasteiger charge is -2.06. The zero-order valence-electron chi connectivity index (χ0n) is 8.73. The van der Waals surface area contributed by atoms with Crippen molar-refractivity contribution in [1.82, 2.24) is 9.72 Å². The standard InChI is InChI=1S/C11H12N2O2/c1-8-5-10(7-14)9(2)13(8)6-11-3-4-15-12-11/h3-5,7H,6H2,1-2H3. The van der Waals surface area contributed by atoms with Gasteiger partial charge in [0.1, 0.15) is 12.0 Å². The van der Waals surface area contributed by atoms with Gasteiger partial charge in [-0.3, -0.25) is 4.79 Å². The second kappa shape index (κ2) is 3.73. The van der Waals surface area contributed by atoms with Gasteiger partial charge in [-0.2, -0.15) is 0 Å². The summed E-state index contributed by atoms with van der Waals surface area (Å²) in [6.45, 7) is 4.54. The Balaban J connectivity index is 2.36. The van der Waals surface area contributed by atoms with E-state index in [1.54, 1.807) is 6.26 Å². The summed E-state index contributed by atoms with van der Waals surface area (Å²) < 4.78 is 6.81. The van der Waals surface area contributed by atoms with E-state index >= 15 is 0 Å². The maximum Gasteiger partial charge on any atom is 0.151 e. The number of carbonyl (C=O) groups excluding carboxylic acids is 1. The van der Waals surface area contributed by atoms with Crippen molar-refractivity contribution in [2.45, 2.75) is 20.4 Å². The molecule has 0 fully saturated rings. The second-order valence-electron chi connectivity index (χ2n) is 3.52. The molecule has 0 spiro atoms. The zero-order valence-corrected chi connectivity index (χ0v) is 8.73. The minimum absolute atomic E-state index is 0.641. The summed E-state index contributed by atoms with van der Waals surface area (Å²) in [5.41, 5.74) is 3.60. The summed E-state index contributed by atoms with van der Waals surface area (Å²) in [4.78, 5) is 10.7. The number of aryl methyl sites for hydroxylation is 1. The smallest absolute Gasteiger partial charge is 0.151 e. The van der Waals surface area contributed by atoms with Gasteiger partial charge in [0.05, 0.1) is 6.54 Å². The van der Waals surface area contributed by atoms with Crippen LogP contribution in [0.3, 0.4) is 0 Å². The lowest BCUT2D eigenvalue weighted by molar-refractivity contribution is 0.112. The predicted molar refractivity (Wildman–Crippen MR) is 54.9 cm³/mol. The third-order valence-electron chi connectivity index (χ3n) is 2.55. The molecular weight excluding hydrogens is 192 g/mol. The molecule has 0 bridgehead atoms. The highest BCUT2D eigenvalue weighted by Gasteiger charge is 2.09. The topological polar surface area (TPSA) is 48.0 Å². The van der Waals surface area contributed by atoms with E-state index in [1.807, 2.05) is 30.5 Å². The monoisotopic (exact) mass is 204 g/mol. The summed E-state index contributed by atoms with van der Waals surface area (Å²) in [6, 6.07) is 3.70. The quantitative estimate of drug-likeness (QED) is 0.718. The Kier molecular flexibility index (Phi) is 2.41. The number of nitrogens with zero attached hydrogens (tertiary/aromatic N) is 2. The van der Waals surface area contributed by atoms with E-state index in [0.29, 0.717) is 6.54 Å². The number of aromatic nitrogens is 2. The lowest BCUT2D eigenvalue weighted by Crippen LogP contribution is -2.04. The number of hydrogen-bond acceptors (Lipinski definition) is 3. The Hall–Kier alpha value is -1.84. The van der Waals surface area contributed by atoms with Gasteiger partial charge >= 0.3 is 0 Å². The van der Waals surface area contributed by atoms with E-state index in [2.05, 4.69) is 5.16 Å². The van der Waals surface area contributed by atoms with Crippen molar-refractivity contribution in [3.05, 3.63) is 41.0 Å². The van der Waals surface area contributed by atoms with Crippen LogP contribution in [0.1, 0.15) is 27.4 Å². The molecular formula is C11H12N2O2. The molecule has 0 saturated heterocycles. The second-order valence-corrected chi connectivity index (χ2v) is 3.52. The Morgan fingerprint density at radius 2 is 2.33 bits per heavy atom. The van der Waals surface area contributed by atoms with E-state index in [1.165, 1.54) is 0 Å². The fourth-order valence-electron chi connectivity index (χ4n) is 1.67. The Labute approximate surface area is 87.5 Å².